The van der Waals surface area contributed by atoms with Gasteiger partial charge in [-0.1, -0.05) is 0 Å². The lowest BCUT2D eigenvalue weighted by atomic mass is 9.89. The molecular formula is C12H15BrN4O2. The summed E-state index contributed by atoms with van der Waals surface area (Å²) in [4.78, 5) is 21.6. The van der Waals surface area contributed by atoms with Crippen LogP contribution < -0.4 is 5.32 Å². The van der Waals surface area contributed by atoms with Crippen LogP contribution >= 0.6 is 15.9 Å². The fraction of sp³-hybridized carbons (Fsp3) is 0.583. The molecule has 2 N–H and O–H groups in total. The lowest BCUT2D eigenvalue weighted by Crippen LogP contribution is -2.66. The van der Waals surface area contributed by atoms with Crippen molar-refractivity contribution in [2.45, 2.75) is 25.0 Å². The second kappa shape index (κ2) is 4.72. The molecule has 3 rings (SSSR count). The van der Waals surface area contributed by atoms with Crippen LogP contribution in [0.15, 0.2) is 16.9 Å². The van der Waals surface area contributed by atoms with E-state index in [9.17, 15) is 9.90 Å². The summed E-state index contributed by atoms with van der Waals surface area (Å²) in [5.74, 6) is 0.959. The topological polar surface area (TPSA) is 78.4 Å². The normalized spacial score (nSPS) is 20.8. The van der Waals surface area contributed by atoms with Crippen LogP contribution in [-0.4, -0.2) is 44.7 Å². The molecule has 2 aliphatic rings. The molecule has 0 spiro atoms. The van der Waals surface area contributed by atoms with Crippen molar-refractivity contribution in [2.75, 3.05) is 13.1 Å². The molecule has 1 aliphatic heterocycles. The van der Waals surface area contributed by atoms with Crippen molar-refractivity contribution in [1.29, 1.82) is 0 Å². The Bertz CT molecular complexity index is 483. The predicted molar refractivity (Wildman–Crippen MR) is 71.2 cm³/mol. The Hall–Kier alpha value is -1.21. The minimum Gasteiger partial charge on any atom is -0.386 e. The molecule has 1 saturated heterocycles. The highest BCUT2D eigenvalue weighted by Gasteiger charge is 2.53. The van der Waals surface area contributed by atoms with Crippen molar-refractivity contribution < 1.29 is 9.90 Å². The highest BCUT2D eigenvalue weighted by Crippen LogP contribution is 2.44. The third-order valence-electron chi connectivity index (χ3n) is 3.63. The van der Waals surface area contributed by atoms with Crippen molar-refractivity contribution in [3.8, 4) is 0 Å². The van der Waals surface area contributed by atoms with Gasteiger partial charge in [0.15, 0.2) is 0 Å². The van der Waals surface area contributed by atoms with Gasteiger partial charge in [0, 0.05) is 12.4 Å². The number of urea groups is 1. The first-order valence-electron chi connectivity index (χ1n) is 6.28. The third kappa shape index (κ3) is 2.71. The lowest BCUT2D eigenvalue weighted by molar-refractivity contribution is -0.0918. The van der Waals surface area contributed by atoms with Crippen LogP contribution in [-0.2, 0) is 6.54 Å². The quantitative estimate of drug-likeness (QED) is 0.865. The third-order valence-corrected chi connectivity index (χ3v) is 4.03. The van der Waals surface area contributed by atoms with Crippen LogP contribution in [0.1, 0.15) is 18.7 Å². The predicted octanol–water partition coefficient (Wildman–Crippen LogP) is 0.905. The molecule has 2 heterocycles. The number of amides is 2. The van der Waals surface area contributed by atoms with Crippen LogP contribution in [0.5, 0.6) is 0 Å². The zero-order valence-corrected chi connectivity index (χ0v) is 11.9. The van der Waals surface area contributed by atoms with Crippen LogP contribution in [0, 0.1) is 5.92 Å². The number of carbonyl (C=O) groups is 1. The van der Waals surface area contributed by atoms with Crippen LogP contribution in [0.3, 0.4) is 0 Å². The highest BCUT2D eigenvalue weighted by atomic mass is 79.9. The van der Waals surface area contributed by atoms with Gasteiger partial charge >= 0.3 is 6.03 Å². The van der Waals surface area contributed by atoms with Gasteiger partial charge in [0.05, 0.1) is 24.1 Å². The molecule has 102 valence electrons. The molecular weight excluding hydrogens is 312 g/mol. The van der Waals surface area contributed by atoms with E-state index in [0.717, 1.165) is 17.3 Å². The van der Waals surface area contributed by atoms with Gasteiger partial charge in [0.2, 0.25) is 0 Å². The smallest absolute Gasteiger partial charge is 0.317 e. The molecule has 0 atom stereocenters. The van der Waals surface area contributed by atoms with E-state index < -0.39 is 5.60 Å². The van der Waals surface area contributed by atoms with Gasteiger partial charge in [-0.05, 0) is 34.7 Å². The van der Waals surface area contributed by atoms with E-state index in [-0.39, 0.29) is 6.03 Å². The summed E-state index contributed by atoms with van der Waals surface area (Å²) in [6.45, 7) is 1.17. The first-order valence-corrected chi connectivity index (χ1v) is 7.08. The average molecular weight is 327 g/mol. The van der Waals surface area contributed by atoms with Crippen molar-refractivity contribution in [3.63, 3.8) is 0 Å². The first-order chi connectivity index (χ1) is 9.07. The molecule has 6 nitrogen and oxygen atoms in total. The summed E-state index contributed by atoms with van der Waals surface area (Å²) in [5.41, 5.74) is -0.633. The Kier molecular flexibility index (Phi) is 3.18. The van der Waals surface area contributed by atoms with E-state index in [4.69, 9.17) is 0 Å². The number of hydrogen-bond acceptors (Lipinski definition) is 4. The minimum atomic E-state index is -0.633. The number of aromatic nitrogens is 2. The fourth-order valence-corrected chi connectivity index (χ4v) is 2.54. The second-order valence-corrected chi connectivity index (χ2v) is 6.13. The van der Waals surface area contributed by atoms with E-state index in [0.29, 0.717) is 31.4 Å². The molecule has 1 saturated carbocycles. The summed E-state index contributed by atoms with van der Waals surface area (Å²) in [7, 11) is 0. The SMILES string of the molecule is O=C(NCc1ncc(Br)cn1)N1CC(O)(C2CC2)C1. The number of nitrogens with zero attached hydrogens (tertiary/aromatic N) is 3. The van der Waals surface area contributed by atoms with Crippen molar-refractivity contribution in [1.82, 2.24) is 20.2 Å². The van der Waals surface area contributed by atoms with Gasteiger partial charge in [0.1, 0.15) is 11.4 Å². The number of β-amino-alcohol motifs (C(OH)–C–C–N with tert-alkyl or cyclic N) is 1. The molecule has 0 bridgehead atoms. The van der Waals surface area contributed by atoms with Gasteiger partial charge < -0.3 is 15.3 Å². The van der Waals surface area contributed by atoms with Gasteiger partial charge in [-0.15, -0.1) is 0 Å². The number of nitrogens with one attached hydrogen (secondary N) is 1. The number of halogens is 1. The van der Waals surface area contributed by atoms with E-state index in [2.05, 4.69) is 31.2 Å². The summed E-state index contributed by atoms with van der Waals surface area (Å²) in [6.07, 6.45) is 5.45. The van der Waals surface area contributed by atoms with Crippen molar-refractivity contribution in [3.05, 3.63) is 22.7 Å². The summed E-state index contributed by atoms with van der Waals surface area (Å²) >= 11 is 3.25. The molecule has 1 aromatic heterocycles. The van der Waals surface area contributed by atoms with Gasteiger partial charge in [-0.3, -0.25) is 0 Å². The standard InChI is InChI=1S/C12H15BrN4O2/c13-9-3-14-10(15-4-9)5-16-11(18)17-6-12(19,7-17)8-1-2-8/h3-4,8,19H,1-2,5-7H2,(H,16,18). The van der Waals surface area contributed by atoms with E-state index in [1.807, 2.05) is 0 Å². The van der Waals surface area contributed by atoms with Gasteiger partial charge in [-0.2, -0.15) is 0 Å². The van der Waals surface area contributed by atoms with Crippen molar-refractivity contribution >= 4 is 22.0 Å². The monoisotopic (exact) mass is 326 g/mol. The maximum Gasteiger partial charge on any atom is 0.317 e. The van der Waals surface area contributed by atoms with E-state index in [1.165, 1.54) is 0 Å². The average Bonchev–Trinajstić information content (AvgIpc) is 3.18. The molecule has 0 unspecified atom stereocenters. The Balaban J connectivity index is 1.46. The zero-order chi connectivity index (χ0) is 13.5. The summed E-state index contributed by atoms with van der Waals surface area (Å²) in [5, 5.41) is 12.9. The fourth-order valence-electron chi connectivity index (χ4n) is 2.33. The number of hydrogen-bond donors (Lipinski definition) is 2. The molecule has 2 amide bonds. The molecule has 1 aromatic rings. The lowest BCUT2D eigenvalue weighted by Gasteiger charge is -2.46. The van der Waals surface area contributed by atoms with Gasteiger partial charge in [-0.25, -0.2) is 14.8 Å². The Morgan fingerprint density at radius 3 is 2.68 bits per heavy atom. The Morgan fingerprint density at radius 2 is 2.11 bits per heavy atom. The number of aliphatic hydroxyl groups is 1. The van der Waals surface area contributed by atoms with E-state index in [1.54, 1.807) is 17.3 Å². The maximum atomic E-state index is 11.8. The molecule has 7 heteroatoms. The van der Waals surface area contributed by atoms with Crippen LogP contribution in [0.25, 0.3) is 0 Å². The highest BCUT2D eigenvalue weighted by molar-refractivity contribution is 9.10. The number of rotatable bonds is 3. The number of carbonyl (C=O) groups excluding carboxylic acids is 1. The van der Waals surface area contributed by atoms with Crippen LogP contribution in [0.2, 0.25) is 0 Å². The van der Waals surface area contributed by atoms with Crippen molar-refractivity contribution in [2.24, 2.45) is 5.92 Å². The molecule has 1 aliphatic carbocycles. The largest absolute Gasteiger partial charge is 0.386 e. The number of likely N-dealkylation sites (tertiary alicyclic amines) is 1. The van der Waals surface area contributed by atoms with E-state index >= 15 is 0 Å². The Morgan fingerprint density at radius 1 is 1.47 bits per heavy atom. The maximum absolute atomic E-state index is 11.8. The second-order valence-electron chi connectivity index (χ2n) is 5.21. The molecule has 0 radical (unpaired) electrons. The molecule has 2 fully saturated rings. The summed E-state index contributed by atoms with van der Waals surface area (Å²) < 4.78 is 0.805. The molecule has 0 aromatic carbocycles. The Labute approximate surface area is 119 Å². The first kappa shape index (κ1) is 12.8. The zero-order valence-electron chi connectivity index (χ0n) is 10.3. The summed E-state index contributed by atoms with van der Waals surface area (Å²) in [6, 6.07) is -0.170. The minimum absolute atomic E-state index is 0.170. The van der Waals surface area contributed by atoms with Gasteiger partial charge in [0.25, 0.3) is 0 Å². The van der Waals surface area contributed by atoms with Crippen LogP contribution in [0.4, 0.5) is 4.79 Å². The molecule has 19 heavy (non-hydrogen) atoms.